The van der Waals surface area contributed by atoms with E-state index in [1.54, 1.807) is 17.4 Å². The first-order valence-electron chi connectivity index (χ1n) is 8.62. The number of halogens is 1. The highest BCUT2D eigenvalue weighted by Gasteiger charge is 2.28. The standard InChI is InChI=1S/C18H22FN5OS/c1-11-15(13-5-4-12(19)10-14(13)25-3)24-16(21-11)26-17(22-24)23-8-6-18(2,20)7-9-23/h4-5,10H,6-9,20H2,1-3H3. The van der Waals surface area contributed by atoms with Crippen LogP contribution in [0, 0.1) is 12.7 Å². The third-order valence-corrected chi connectivity index (χ3v) is 5.93. The van der Waals surface area contributed by atoms with E-state index < -0.39 is 0 Å². The Labute approximate surface area is 155 Å². The maximum Gasteiger partial charge on any atom is 0.214 e. The molecule has 4 rings (SSSR count). The molecule has 0 atom stereocenters. The van der Waals surface area contributed by atoms with E-state index in [9.17, 15) is 4.39 Å². The Balaban J connectivity index is 1.75. The van der Waals surface area contributed by atoms with Crippen molar-refractivity contribution in [3.05, 3.63) is 29.7 Å². The summed E-state index contributed by atoms with van der Waals surface area (Å²) in [7, 11) is 1.54. The number of aryl methyl sites for hydroxylation is 1. The molecule has 8 heteroatoms. The molecule has 0 spiro atoms. The molecule has 0 saturated carbocycles. The van der Waals surface area contributed by atoms with Crippen molar-refractivity contribution in [1.29, 1.82) is 0 Å². The topological polar surface area (TPSA) is 68.7 Å². The van der Waals surface area contributed by atoms with Crippen LogP contribution in [-0.4, -0.2) is 40.3 Å². The molecule has 0 unspecified atom stereocenters. The van der Waals surface area contributed by atoms with Gasteiger partial charge in [0.1, 0.15) is 17.3 Å². The second-order valence-electron chi connectivity index (χ2n) is 7.11. The molecule has 26 heavy (non-hydrogen) atoms. The lowest BCUT2D eigenvalue weighted by Gasteiger charge is -2.36. The van der Waals surface area contributed by atoms with Crippen LogP contribution in [0.4, 0.5) is 9.52 Å². The molecule has 3 aromatic rings. The Kier molecular flexibility index (Phi) is 4.11. The summed E-state index contributed by atoms with van der Waals surface area (Å²) in [6.45, 7) is 5.80. The van der Waals surface area contributed by atoms with E-state index in [2.05, 4.69) is 16.8 Å². The van der Waals surface area contributed by atoms with E-state index in [1.165, 1.54) is 19.2 Å². The minimum Gasteiger partial charge on any atom is -0.496 e. The predicted molar refractivity (Wildman–Crippen MR) is 102 cm³/mol. The third-order valence-electron chi connectivity index (χ3n) is 4.96. The number of methoxy groups -OCH3 is 1. The highest BCUT2D eigenvalue weighted by molar-refractivity contribution is 7.20. The van der Waals surface area contributed by atoms with Gasteiger partial charge in [-0.25, -0.2) is 13.9 Å². The Morgan fingerprint density at radius 3 is 2.73 bits per heavy atom. The number of rotatable bonds is 3. The fourth-order valence-corrected chi connectivity index (χ4v) is 4.34. The highest BCUT2D eigenvalue weighted by Crippen LogP contribution is 2.36. The Morgan fingerprint density at radius 1 is 1.31 bits per heavy atom. The van der Waals surface area contributed by atoms with Gasteiger partial charge in [-0.2, -0.15) is 0 Å². The van der Waals surface area contributed by atoms with E-state index in [-0.39, 0.29) is 11.4 Å². The van der Waals surface area contributed by atoms with Gasteiger partial charge in [0.05, 0.1) is 12.8 Å². The van der Waals surface area contributed by atoms with Crippen LogP contribution in [-0.2, 0) is 0 Å². The maximum absolute atomic E-state index is 13.6. The molecule has 138 valence electrons. The van der Waals surface area contributed by atoms with E-state index >= 15 is 0 Å². The van der Waals surface area contributed by atoms with E-state index in [0.29, 0.717) is 5.75 Å². The van der Waals surface area contributed by atoms with Gasteiger partial charge in [-0.05, 0) is 38.8 Å². The number of anilines is 1. The van der Waals surface area contributed by atoms with Crippen LogP contribution in [0.15, 0.2) is 18.2 Å². The zero-order valence-electron chi connectivity index (χ0n) is 15.1. The highest BCUT2D eigenvalue weighted by atomic mass is 32.1. The number of fused-ring (bicyclic) bond motifs is 1. The van der Waals surface area contributed by atoms with Crippen molar-refractivity contribution >= 4 is 21.4 Å². The molecule has 1 saturated heterocycles. The number of hydrogen-bond acceptors (Lipinski definition) is 6. The monoisotopic (exact) mass is 375 g/mol. The zero-order chi connectivity index (χ0) is 18.5. The fraction of sp³-hybridized carbons (Fsp3) is 0.444. The molecule has 1 aliphatic rings. The number of hydrogen-bond donors (Lipinski definition) is 1. The second-order valence-corrected chi connectivity index (χ2v) is 8.04. The predicted octanol–water partition coefficient (Wildman–Crippen LogP) is 3.23. The Bertz CT molecular complexity index is 954. The Hall–Kier alpha value is -2.19. The van der Waals surface area contributed by atoms with Crippen LogP contribution in [0.2, 0.25) is 0 Å². The number of ether oxygens (including phenoxy) is 1. The average molecular weight is 375 g/mol. The number of imidazole rings is 1. The molecule has 0 bridgehead atoms. The summed E-state index contributed by atoms with van der Waals surface area (Å²) >= 11 is 1.56. The quantitative estimate of drug-likeness (QED) is 0.761. The minimum absolute atomic E-state index is 0.100. The SMILES string of the molecule is COc1cc(F)ccc1-c1c(C)nc2sc(N3CCC(C)(N)CC3)nn12. The molecular weight excluding hydrogens is 353 g/mol. The molecule has 0 aliphatic carbocycles. The first kappa shape index (κ1) is 17.2. The Morgan fingerprint density at radius 2 is 2.04 bits per heavy atom. The zero-order valence-corrected chi connectivity index (χ0v) is 15.9. The maximum atomic E-state index is 13.6. The van der Waals surface area contributed by atoms with Crippen LogP contribution in [0.1, 0.15) is 25.5 Å². The molecule has 3 heterocycles. The first-order chi connectivity index (χ1) is 12.4. The normalized spacial score (nSPS) is 17.0. The van der Waals surface area contributed by atoms with Gasteiger partial charge in [-0.1, -0.05) is 11.3 Å². The van der Waals surface area contributed by atoms with Crippen LogP contribution < -0.4 is 15.4 Å². The van der Waals surface area contributed by atoms with Crippen molar-refractivity contribution in [2.24, 2.45) is 5.73 Å². The molecule has 6 nitrogen and oxygen atoms in total. The van der Waals surface area contributed by atoms with Gasteiger partial charge in [-0.3, -0.25) is 0 Å². The third kappa shape index (κ3) is 2.93. The molecule has 1 aliphatic heterocycles. The van der Waals surface area contributed by atoms with E-state index in [1.807, 2.05) is 11.4 Å². The summed E-state index contributed by atoms with van der Waals surface area (Å²) in [5.74, 6) is 0.141. The van der Waals surface area contributed by atoms with Gasteiger partial charge >= 0.3 is 0 Å². The molecule has 1 fully saturated rings. The van der Waals surface area contributed by atoms with Crippen LogP contribution in [0.5, 0.6) is 5.75 Å². The number of benzene rings is 1. The summed E-state index contributed by atoms with van der Waals surface area (Å²) in [5.41, 5.74) is 8.59. The number of piperidine rings is 1. The van der Waals surface area contributed by atoms with Crippen molar-refractivity contribution in [2.45, 2.75) is 32.2 Å². The molecule has 0 amide bonds. The van der Waals surface area contributed by atoms with Crippen molar-refractivity contribution in [2.75, 3.05) is 25.1 Å². The average Bonchev–Trinajstić information content (AvgIpc) is 3.12. The minimum atomic E-state index is -0.332. The first-order valence-corrected chi connectivity index (χ1v) is 9.43. The van der Waals surface area contributed by atoms with E-state index in [0.717, 1.165) is 53.0 Å². The van der Waals surface area contributed by atoms with Gasteiger partial charge in [0.15, 0.2) is 0 Å². The largest absolute Gasteiger partial charge is 0.496 e. The van der Waals surface area contributed by atoms with E-state index in [4.69, 9.17) is 15.6 Å². The smallest absolute Gasteiger partial charge is 0.214 e. The summed E-state index contributed by atoms with van der Waals surface area (Å²) in [6, 6.07) is 4.52. The van der Waals surface area contributed by atoms with Crippen molar-refractivity contribution < 1.29 is 9.13 Å². The summed E-state index contributed by atoms with van der Waals surface area (Å²) in [5, 5.41) is 5.72. The molecule has 1 aromatic carbocycles. The fourth-order valence-electron chi connectivity index (χ4n) is 3.35. The van der Waals surface area contributed by atoms with Gasteiger partial charge in [0, 0.05) is 30.3 Å². The lowest BCUT2D eigenvalue weighted by atomic mass is 9.91. The van der Waals surface area contributed by atoms with Gasteiger partial charge < -0.3 is 15.4 Å². The molecule has 0 radical (unpaired) electrons. The number of nitrogens with zero attached hydrogens (tertiary/aromatic N) is 4. The number of nitrogens with two attached hydrogens (primary N) is 1. The lowest BCUT2D eigenvalue weighted by Crippen LogP contribution is -2.48. The van der Waals surface area contributed by atoms with Crippen LogP contribution in [0.25, 0.3) is 16.2 Å². The molecule has 2 aromatic heterocycles. The van der Waals surface area contributed by atoms with Gasteiger partial charge in [-0.15, -0.1) is 5.10 Å². The molecular formula is C18H22FN5OS. The van der Waals surface area contributed by atoms with Crippen molar-refractivity contribution in [3.63, 3.8) is 0 Å². The lowest BCUT2D eigenvalue weighted by molar-refractivity contribution is 0.363. The van der Waals surface area contributed by atoms with Crippen molar-refractivity contribution in [1.82, 2.24) is 14.6 Å². The number of aromatic nitrogens is 3. The van der Waals surface area contributed by atoms with Gasteiger partial charge in [0.2, 0.25) is 10.1 Å². The summed E-state index contributed by atoms with van der Waals surface area (Å²) in [6.07, 6.45) is 1.87. The van der Waals surface area contributed by atoms with Crippen LogP contribution in [0.3, 0.4) is 0 Å². The van der Waals surface area contributed by atoms with Gasteiger partial charge in [0.25, 0.3) is 0 Å². The van der Waals surface area contributed by atoms with Crippen LogP contribution >= 0.6 is 11.3 Å². The van der Waals surface area contributed by atoms with Crippen molar-refractivity contribution in [3.8, 4) is 17.0 Å². The second kappa shape index (κ2) is 6.21. The molecule has 2 N–H and O–H groups in total. The summed E-state index contributed by atoms with van der Waals surface area (Å²) < 4.78 is 20.8. The summed E-state index contributed by atoms with van der Waals surface area (Å²) in [4.78, 5) is 7.73.